The minimum absolute atomic E-state index is 0.0282. The summed E-state index contributed by atoms with van der Waals surface area (Å²) in [6, 6.07) is 51.7. The van der Waals surface area contributed by atoms with Gasteiger partial charge in [-0.05, 0) is 248 Å². The zero-order valence-electron chi connectivity index (χ0n) is 57.9. The average molecular weight is 1180 g/mol. The van der Waals surface area contributed by atoms with Gasteiger partial charge in [0, 0.05) is 44.3 Å². The van der Waals surface area contributed by atoms with E-state index in [1.807, 2.05) is 0 Å². The second-order valence-electron chi connectivity index (χ2n) is 33.9. The van der Waals surface area contributed by atoms with Crippen LogP contribution in [0.3, 0.4) is 0 Å². The maximum atomic E-state index is 6.97. The van der Waals surface area contributed by atoms with Crippen LogP contribution in [0, 0.1) is 33.1 Å². The lowest BCUT2D eigenvalue weighted by atomic mass is 9.31. The molecule has 1 fully saturated rings. The summed E-state index contributed by atoms with van der Waals surface area (Å²) in [5.41, 5.74) is 35.5. The molecule has 90 heavy (non-hydrogen) atoms. The molecular weight excluding hydrogens is 1090 g/mol. The summed E-state index contributed by atoms with van der Waals surface area (Å²) in [5, 5.41) is 2.32. The number of allylic oxidation sites excluding steroid dienone is 1. The van der Waals surface area contributed by atoms with Gasteiger partial charge in [0.1, 0.15) is 5.58 Å². The first-order chi connectivity index (χ1) is 42.4. The Morgan fingerprint density at radius 2 is 1.07 bits per heavy atom. The van der Waals surface area contributed by atoms with Crippen molar-refractivity contribution < 1.29 is 4.42 Å². The summed E-state index contributed by atoms with van der Waals surface area (Å²) in [6.45, 7) is 50.1. The molecule has 460 valence electrons. The quantitative estimate of drug-likeness (QED) is 0.154. The molecule has 0 bridgehead atoms. The van der Waals surface area contributed by atoms with E-state index < -0.39 is 0 Å². The van der Waals surface area contributed by atoms with E-state index in [2.05, 4.69) is 257 Å². The number of aryl methyl sites for hydroxylation is 4. The van der Waals surface area contributed by atoms with Gasteiger partial charge >= 0.3 is 0 Å². The van der Waals surface area contributed by atoms with Gasteiger partial charge in [-0.3, -0.25) is 0 Å². The molecule has 8 aromatic carbocycles. The lowest BCUT2D eigenvalue weighted by Crippen LogP contribution is -2.62. The van der Waals surface area contributed by atoms with Crippen molar-refractivity contribution in [1.82, 2.24) is 0 Å². The molecule has 0 spiro atoms. The van der Waals surface area contributed by atoms with Crippen LogP contribution in [0.25, 0.3) is 38.6 Å². The van der Waals surface area contributed by atoms with Gasteiger partial charge in [0.25, 0.3) is 0 Å². The maximum absolute atomic E-state index is 6.97. The number of benzene rings is 8. The molecule has 0 saturated heterocycles. The van der Waals surface area contributed by atoms with Crippen LogP contribution in [0.4, 0.5) is 17.1 Å². The fourth-order valence-corrected chi connectivity index (χ4v) is 19.5. The molecule has 2 nitrogen and oxygen atoms in total. The Balaban J connectivity index is 0.894. The number of rotatable bonds is 6. The summed E-state index contributed by atoms with van der Waals surface area (Å²) in [5.74, 6) is 0.163. The molecule has 3 heteroatoms. The highest BCUT2D eigenvalue weighted by molar-refractivity contribution is 6.99. The topological polar surface area (TPSA) is 16.4 Å². The number of hydrogen-bond acceptors (Lipinski definition) is 2. The predicted octanol–water partition coefficient (Wildman–Crippen LogP) is 21.9. The third kappa shape index (κ3) is 8.40. The van der Waals surface area contributed by atoms with E-state index in [1.165, 1.54) is 154 Å². The number of furan rings is 1. The first-order valence-electron chi connectivity index (χ1n) is 34.7. The standard InChI is InChI=1S/C87H98BNO/c1-51-41-62-55(5)61-46-57(30-32-72(61)88-73-49-69-70(83(13,14)38-37-82(69,11)12)50-75(73)89(76(42-51)78(62)88)74-27-24-26-60-59-25-20-21-28-77(59)90-79(60)74)56(6)86(18)33-22-23-34-87(86,19)65-48-63(58-29-31-64-68(47-58)81(9,10)36-35-80(64,7)8)66(45-54(65)4)85(17)40-39-84(15,16)67-43-52(2)53(3)44-71(67)85/h20-21,24-32,41-50,55H,6,22-23,33-40H2,1-5,7-19H3. The Hall–Kier alpha value is -6.84. The highest BCUT2D eigenvalue weighted by Gasteiger charge is 2.53. The van der Waals surface area contributed by atoms with E-state index in [1.54, 1.807) is 0 Å². The van der Waals surface area contributed by atoms with E-state index in [0.717, 1.165) is 66.2 Å². The largest absolute Gasteiger partial charge is 0.454 e. The first kappa shape index (κ1) is 59.5. The summed E-state index contributed by atoms with van der Waals surface area (Å²) < 4.78 is 6.97. The molecule has 4 atom stereocenters. The fraction of sp³-hybridized carbons (Fsp3) is 0.425. The SMILES string of the molecule is C=C(c1ccc2c(c1)C(C)c1cc(C)cc3c1B2c1cc2c(cc1N3c1cccc3c1oc1ccccc13)C(C)(C)CCC2(C)C)C1(C)CCCCC1(C)c1cc(-c2ccc3c(c2)C(C)(C)CCC3(C)C)c(C2(C)CCC(C)(C)c3cc(C)c(C)cc32)cc1C. The van der Waals surface area contributed by atoms with Crippen molar-refractivity contribution in [2.45, 2.75) is 233 Å². The van der Waals surface area contributed by atoms with Gasteiger partial charge in [-0.15, -0.1) is 0 Å². The minimum atomic E-state index is -0.225. The molecule has 1 saturated carbocycles. The molecule has 9 aromatic rings. The molecule has 15 rings (SSSR count). The molecule has 4 unspecified atom stereocenters. The summed E-state index contributed by atoms with van der Waals surface area (Å²) in [7, 11) is 0. The smallest absolute Gasteiger partial charge is 0.247 e. The van der Waals surface area contributed by atoms with Crippen molar-refractivity contribution in [1.29, 1.82) is 0 Å². The van der Waals surface area contributed by atoms with Crippen molar-refractivity contribution in [3.63, 3.8) is 0 Å². The first-order valence-corrected chi connectivity index (χ1v) is 34.7. The Morgan fingerprint density at radius 3 is 1.78 bits per heavy atom. The summed E-state index contributed by atoms with van der Waals surface area (Å²) >= 11 is 0. The third-order valence-electron chi connectivity index (χ3n) is 26.1. The Labute approximate surface area is 540 Å². The molecule has 0 radical (unpaired) electrons. The molecule has 3 heterocycles. The summed E-state index contributed by atoms with van der Waals surface area (Å²) in [4.78, 5) is 2.61. The third-order valence-corrected chi connectivity index (χ3v) is 26.1. The van der Waals surface area contributed by atoms with Crippen LogP contribution < -0.4 is 21.3 Å². The second-order valence-corrected chi connectivity index (χ2v) is 33.9. The monoisotopic (exact) mass is 1180 g/mol. The average Bonchev–Trinajstić information content (AvgIpc) is 0.735. The van der Waals surface area contributed by atoms with E-state index in [9.17, 15) is 0 Å². The van der Waals surface area contributed by atoms with Crippen LogP contribution in [0.15, 0.2) is 138 Å². The van der Waals surface area contributed by atoms with Crippen LogP contribution in [0.2, 0.25) is 0 Å². The predicted molar refractivity (Wildman–Crippen MR) is 387 cm³/mol. The van der Waals surface area contributed by atoms with Crippen LogP contribution in [-0.2, 0) is 37.9 Å². The molecule has 2 aliphatic heterocycles. The van der Waals surface area contributed by atoms with Crippen molar-refractivity contribution in [3.05, 3.63) is 217 Å². The van der Waals surface area contributed by atoms with E-state index in [-0.39, 0.29) is 56.0 Å². The molecule has 1 aromatic heterocycles. The van der Waals surface area contributed by atoms with Crippen LogP contribution >= 0.6 is 0 Å². The van der Waals surface area contributed by atoms with E-state index in [0.29, 0.717) is 0 Å². The van der Waals surface area contributed by atoms with Crippen molar-refractivity contribution in [2.24, 2.45) is 5.41 Å². The van der Waals surface area contributed by atoms with Crippen LogP contribution in [0.5, 0.6) is 0 Å². The van der Waals surface area contributed by atoms with Gasteiger partial charge in [0.05, 0.1) is 5.69 Å². The zero-order valence-corrected chi connectivity index (χ0v) is 57.9. The molecule has 0 amide bonds. The highest BCUT2D eigenvalue weighted by atomic mass is 16.3. The summed E-state index contributed by atoms with van der Waals surface area (Å²) in [6.07, 6.45) is 11.6. The number of para-hydroxylation sites is 2. The van der Waals surface area contributed by atoms with Gasteiger partial charge in [0.2, 0.25) is 6.71 Å². The Kier molecular flexibility index (Phi) is 13.0. The van der Waals surface area contributed by atoms with E-state index in [4.69, 9.17) is 11.0 Å². The molecule has 6 aliphatic rings. The second kappa shape index (κ2) is 19.6. The Morgan fingerprint density at radius 1 is 0.467 bits per heavy atom. The number of fused-ring (bicyclic) bond motifs is 10. The zero-order chi connectivity index (χ0) is 63.5. The van der Waals surface area contributed by atoms with E-state index >= 15 is 0 Å². The normalized spacial score (nSPS) is 24.6. The van der Waals surface area contributed by atoms with Gasteiger partial charge in [-0.2, -0.15) is 0 Å². The van der Waals surface area contributed by atoms with Crippen molar-refractivity contribution in [3.8, 4) is 11.1 Å². The van der Waals surface area contributed by atoms with Crippen molar-refractivity contribution >= 4 is 67.7 Å². The molecule has 4 aliphatic carbocycles. The van der Waals surface area contributed by atoms with Gasteiger partial charge in [-0.25, -0.2) is 0 Å². The molecular formula is C87H98BNO. The fourth-order valence-electron chi connectivity index (χ4n) is 19.5. The van der Waals surface area contributed by atoms with Crippen molar-refractivity contribution in [2.75, 3.05) is 4.90 Å². The number of nitrogens with zero attached hydrogens (tertiary/aromatic N) is 1. The maximum Gasteiger partial charge on any atom is 0.247 e. The lowest BCUT2D eigenvalue weighted by Gasteiger charge is -2.53. The molecule has 0 N–H and O–H groups in total. The van der Waals surface area contributed by atoms with Gasteiger partial charge in [-0.1, -0.05) is 219 Å². The highest BCUT2D eigenvalue weighted by Crippen LogP contribution is 2.61. The van der Waals surface area contributed by atoms with Crippen LogP contribution in [-0.4, -0.2) is 6.71 Å². The Bertz CT molecular complexity index is 4570. The lowest BCUT2D eigenvalue weighted by molar-refractivity contribution is 0.151. The number of anilines is 3. The number of hydrogen-bond donors (Lipinski definition) is 0. The minimum Gasteiger partial charge on any atom is -0.454 e. The van der Waals surface area contributed by atoms with Crippen LogP contribution in [0.1, 0.15) is 251 Å². The van der Waals surface area contributed by atoms with Gasteiger partial charge in [0.15, 0.2) is 5.58 Å². The van der Waals surface area contributed by atoms with Gasteiger partial charge < -0.3 is 9.32 Å².